The molecule has 3 nitrogen and oxygen atoms in total. The summed E-state index contributed by atoms with van der Waals surface area (Å²) >= 11 is 0. The molecule has 10 aromatic carbocycles. The summed E-state index contributed by atoms with van der Waals surface area (Å²) in [6, 6.07) is 79.6. The van der Waals surface area contributed by atoms with Gasteiger partial charge in [-0.25, -0.2) is 0 Å². The molecule has 1 aliphatic carbocycles. The molecule has 0 atom stereocenters. The molecule has 0 unspecified atom stereocenters. The van der Waals surface area contributed by atoms with Crippen LogP contribution in [-0.4, -0.2) is 0 Å². The van der Waals surface area contributed by atoms with E-state index in [0.29, 0.717) is 0 Å². The van der Waals surface area contributed by atoms with E-state index in [9.17, 15) is 0 Å². The molecule has 0 spiro atoms. The van der Waals surface area contributed by atoms with E-state index in [1.807, 2.05) is 0 Å². The van der Waals surface area contributed by atoms with Gasteiger partial charge >= 0.3 is 0 Å². The molecule has 3 heteroatoms. The van der Waals surface area contributed by atoms with Crippen molar-refractivity contribution in [2.45, 2.75) is 163 Å². The fourth-order valence-corrected chi connectivity index (χ4v) is 13.4. The second kappa shape index (κ2) is 20.5. The van der Waals surface area contributed by atoms with Gasteiger partial charge in [0.05, 0.1) is 16.8 Å². The fraction of sp³-hybridized carbons (Fsp3) is 0.301. The van der Waals surface area contributed by atoms with Gasteiger partial charge in [-0.3, -0.25) is 0 Å². The van der Waals surface area contributed by atoms with Crippen molar-refractivity contribution in [2.75, 3.05) is 9.80 Å². The second-order valence-electron chi connectivity index (χ2n) is 30.7. The maximum absolute atomic E-state index is 7.49. The first kappa shape index (κ1) is 58.3. The molecule has 0 radical (unpaired) electrons. The summed E-state index contributed by atoms with van der Waals surface area (Å²) in [6.07, 6.45) is 0. The van der Waals surface area contributed by atoms with Crippen LogP contribution in [-0.2, 0) is 37.9 Å². The van der Waals surface area contributed by atoms with E-state index < -0.39 is 5.41 Å². The van der Waals surface area contributed by atoms with Crippen molar-refractivity contribution in [1.82, 2.24) is 0 Å². The molecule has 0 fully saturated rings. The monoisotopic (exact) mass is 1130 g/mol. The molecule has 1 heterocycles. The van der Waals surface area contributed by atoms with Crippen molar-refractivity contribution in [2.24, 2.45) is 0 Å². The van der Waals surface area contributed by atoms with Crippen LogP contribution in [0.4, 0.5) is 34.1 Å². The molecule has 12 rings (SSSR count). The molecule has 436 valence electrons. The zero-order chi connectivity index (χ0) is 61.3. The SMILES string of the molecule is CC(C)(C)c1ccc(N(c2ccc(C(C)(C)C)cc2)c2ccc3c4c(cccc24)C(c2ccc(C(C)(C)C)cc2)(c2ccc(C(C)(C)C)cc2)c2cc(N(c4ccc(C(C)(C)C)cc4)c4ccc(C(C)(C)C)cc4)c4oc5ccccc5c4c2-3)cc1. The highest BCUT2D eigenvalue weighted by Crippen LogP contribution is 2.61. The normalized spacial score (nSPS) is 13.8. The molecular formula is C83H88N2O. The lowest BCUT2D eigenvalue weighted by atomic mass is 9.58. The smallest absolute Gasteiger partial charge is 0.160 e. The third-order valence-corrected chi connectivity index (χ3v) is 18.5. The Morgan fingerprint density at radius 3 is 1.03 bits per heavy atom. The Labute approximate surface area is 513 Å². The van der Waals surface area contributed by atoms with E-state index in [1.54, 1.807) is 0 Å². The van der Waals surface area contributed by atoms with Gasteiger partial charge in [-0.05, 0) is 171 Å². The fourth-order valence-electron chi connectivity index (χ4n) is 13.4. The maximum Gasteiger partial charge on any atom is 0.160 e. The molecule has 0 saturated heterocycles. The average molecular weight is 1130 g/mol. The number of hydrogen-bond donors (Lipinski definition) is 0. The topological polar surface area (TPSA) is 19.6 Å². The minimum atomic E-state index is -0.861. The predicted molar refractivity (Wildman–Crippen MR) is 370 cm³/mol. The zero-order valence-corrected chi connectivity index (χ0v) is 54.4. The van der Waals surface area contributed by atoms with Crippen molar-refractivity contribution in [1.29, 1.82) is 0 Å². The lowest BCUT2D eigenvalue weighted by Crippen LogP contribution is -2.34. The molecule has 11 aromatic rings. The van der Waals surface area contributed by atoms with E-state index >= 15 is 0 Å². The Morgan fingerprint density at radius 2 is 0.651 bits per heavy atom. The van der Waals surface area contributed by atoms with E-state index in [-0.39, 0.29) is 32.5 Å². The third-order valence-electron chi connectivity index (χ3n) is 18.5. The molecule has 0 aliphatic heterocycles. The van der Waals surface area contributed by atoms with Crippen LogP contribution in [0.25, 0.3) is 43.8 Å². The highest BCUT2D eigenvalue weighted by Gasteiger charge is 2.47. The van der Waals surface area contributed by atoms with Crippen LogP contribution >= 0.6 is 0 Å². The number of para-hydroxylation sites is 1. The van der Waals surface area contributed by atoms with Crippen LogP contribution in [0.1, 0.15) is 180 Å². The van der Waals surface area contributed by atoms with Crippen LogP contribution in [0.2, 0.25) is 0 Å². The molecule has 1 aliphatic rings. The molecule has 0 bridgehead atoms. The van der Waals surface area contributed by atoms with Crippen LogP contribution in [0.15, 0.2) is 211 Å². The molecule has 0 amide bonds. The maximum atomic E-state index is 7.49. The van der Waals surface area contributed by atoms with E-state index in [2.05, 4.69) is 341 Å². The lowest BCUT2D eigenvalue weighted by molar-refractivity contribution is 0.588. The Morgan fingerprint density at radius 1 is 0.302 bits per heavy atom. The van der Waals surface area contributed by atoms with Crippen molar-refractivity contribution < 1.29 is 4.42 Å². The average Bonchev–Trinajstić information content (AvgIpc) is 0.995. The van der Waals surface area contributed by atoms with Crippen LogP contribution in [0.3, 0.4) is 0 Å². The highest BCUT2D eigenvalue weighted by atomic mass is 16.3. The minimum absolute atomic E-state index is 0.00187. The van der Waals surface area contributed by atoms with Crippen LogP contribution < -0.4 is 9.80 Å². The number of rotatable bonds is 8. The minimum Gasteiger partial charge on any atom is -0.454 e. The molecule has 0 saturated carbocycles. The van der Waals surface area contributed by atoms with Gasteiger partial charge in [0, 0.05) is 38.9 Å². The van der Waals surface area contributed by atoms with Crippen molar-refractivity contribution >= 4 is 66.8 Å². The standard InChI is InChI=1S/C83H88N2O/c1-77(2,3)53-26-30-59(31-27-53)83(60-32-28-54(29-33-60)78(4,5)6)68-24-21-23-65-70(84(61-42-34-55(35-43-61)79(7,8)9)62-44-36-56(37-45-62)80(10,11)12)51-50-67(73(65)68)74-69(83)52-71(76-75(74)66-22-19-20-25-72(66)86-76)85(63-46-38-57(39-47-63)81(13,14)15)64-48-40-58(41-49-64)82(16,17)18/h19-52H,1-18H3. The predicted octanol–water partition coefficient (Wildman–Crippen LogP) is 23.8. The van der Waals surface area contributed by atoms with Gasteiger partial charge in [-0.2, -0.15) is 0 Å². The first-order valence-corrected chi connectivity index (χ1v) is 31.2. The van der Waals surface area contributed by atoms with Crippen molar-refractivity contribution in [3.05, 3.63) is 262 Å². The number of fused-ring (bicyclic) bond motifs is 6. The number of anilines is 6. The Balaban J connectivity index is 1.27. The van der Waals surface area contributed by atoms with Gasteiger partial charge in [0.1, 0.15) is 5.58 Å². The molecule has 86 heavy (non-hydrogen) atoms. The van der Waals surface area contributed by atoms with Crippen molar-refractivity contribution in [3.63, 3.8) is 0 Å². The summed E-state index contributed by atoms with van der Waals surface area (Å²) in [6.45, 7) is 41.4. The summed E-state index contributed by atoms with van der Waals surface area (Å²) in [5.74, 6) is 0. The summed E-state index contributed by atoms with van der Waals surface area (Å²) in [5.41, 5.74) is 22.1. The van der Waals surface area contributed by atoms with Crippen LogP contribution in [0.5, 0.6) is 0 Å². The van der Waals surface area contributed by atoms with Gasteiger partial charge in [0.25, 0.3) is 0 Å². The van der Waals surface area contributed by atoms with E-state index in [4.69, 9.17) is 4.42 Å². The molecule has 0 N–H and O–H groups in total. The molecule has 1 aromatic heterocycles. The van der Waals surface area contributed by atoms with E-state index in [1.165, 1.54) is 77.5 Å². The highest BCUT2D eigenvalue weighted by molar-refractivity contribution is 6.23. The number of hydrogen-bond acceptors (Lipinski definition) is 3. The Kier molecular flexibility index (Phi) is 13.9. The summed E-state index contributed by atoms with van der Waals surface area (Å²) in [7, 11) is 0. The van der Waals surface area contributed by atoms with Gasteiger partial charge in [-0.15, -0.1) is 0 Å². The van der Waals surface area contributed by atoms with Gasteiger partial charge in [0.15, 0.2) is 5.58 Å². The Hall–Kier alpha value is -8.14. The van der Waals surface area contributed by atoms with Gasteiger partial charge < -0.3 is 14.2 Å². The number of furan rings is 1. The first-order valence-electron chi connectivity index (χ1n) is 31.2. The molecular weight excluding hydrogens is 1040 g/mol. The summed E-state index contributed by atoms with van der Waals surface area (Å²) in [4.78, 5) is 4.96. The third kappa shape index (κ3) is 10.0. The second-order valence-corrected chi connectivity index (χ2v) is 30.7. The van der Waals surface area contributed by atoms with Gasteiger partial charge in [0.2, 0.25) is 0 Å². The van der Waals surface area contributed by atoms with Crippen LogP contribution in [0, 0.1) is 0 Å². The Bertz CT molecular complexity index is 4150. The first-order chi connectivity index (χ1) is 40.4. The van der Waals surface area contributed by atoms with E-state index in [0.717, 1.165) is 56.1 Å². The van der Waals surface area contributed by atoms with Gasteiger partial charge in [-0.1, -0.05) is 264 Å². The summed E-state index contributed by atoms with van der Waals surface area (Å²) < 4.78 is 7.49. The quantitative estimate of drug-likeness (QED) is 0.151. The zero-order valence-electron chi connectivity index (χ0n) is 54.4. The largest absolute Gasteiger partial charge is 0.454 e. The lowest BCUT2D eigenvalue weighted by Gasteiger charge is -2.44. The van der Waals surface area contributed by atoms with Crippen molar-refractivity contribution in [3.8, 4) is 11.1 Å². The number of nitrogens with zero attached hydrogens (tertiary/aromatic N) is 2. The number of benzene rings is 10. The summed E-state index contributed by atoms with van der Waals surface area (Å²) in [5, 5.41) is 4.60.